The maximum Gasteiger partial charge on any atom is 0.0737 e. The van der Waals surface area contributed by atoms with Crippen LogP contribution in [0.2, 0.25) is 10.0 Å². The van der Waals surface area contributed by atoms with Gasteiger partial charge in [-0.15, -0.1) is 0 Å². The second kappa shape index (κ2) is 6.24. The first kappa shape index (κ1) is 14.1. The highest BCUT2D eigenvalue weighted by Crippen LogP contribution is 2.26. The van der Waals surface area contributed by atoms with Gasteiger partial charge in [0.2, 0.25) is 0 Å². The van der Waals surface area contributed by atoms with Crippen LogP contribution in [0.15, 0.2) is 39.4 Å². The zero-order valence-corrected chi connectivity index (χ0v) is 13.7. The van der Waals surface area contributed by atoms with Crippen molar-refractivity contribution in [2.75, 3.05) is 5.32 Å². The molecule has 0 aliphatic carbocycles. The van der Waals surface area contributed by atoms with Crippen molar-refractivity contribution >= 4 is 60.7 Å². The fraction of sp³-hybridized carbons (Fsp3) is 0.0833. The van der Waals surface area contributed by atoms with E-state index in [1.165, 1.54) is 0 Å². The van der Waals surface area contributed by atoms with Gasteiger partial charge in [-0.1, -0.05) is 23.2 Å². The molecule has 0 saturated carbocycles. The minimum absolute atomic E-state index is 0.579. The van der Waals surface area contributed by atoms with Crippen LogP contribution in [0.4, 0.5) is 5.69 Å². The molecule has 1 heterocycles. The van der Waals surface area contributed by atoms with Crippen molar-refractivity contribution < 1.29 is 0 Å². The Labute approximate surface area is 132 Å². The Kier molecular flexibility index (Phi) is 4.90. The van der Waals surface area contributed by atoms with E-state index in [0.29, 0.717) is 16.6 Å². The fourth-order valence-electron chi connectivity index (χ4n) is 1.38. The highest BCUT2D eigenvalue weighted by atomic mass is 79.9. The summed E-state index contributed by atoms with van der Waals surface area (Å²) in [5.41, 5.74) is 1.74. The predicted octanol–water partition coefficient (Wildman–Crippen LogP) is 5.53. The molecule has 94 valence electrons. The van der Waals surface area contributed by atoms with Crippen LogP contribution in [0.3, 0.4) is 0 Å². The van der Waals surface area contributed by atoms with Crippen LogP contribution in [0, 0.1) is 0 Å². The minimum Gasteiger partial charge on any atom is -0.378 e. The number of benzene rings is 1. The first-order valence-corrected chi connectivity index (χ1v) is 7.39. The van der Waals surface area contributed by atoms with Gasteiger partial charge in [-0.05, 0) is 56.1 Å². The number of nitrogens with one attached hydrogen (secondary N) is 1. The lowest BCUT2D eigenvalue weighted by Crippen LogP contribution is -2.02. The molecule has 0 radical (unpaired) electrons. The third kappa shape index (κ3) is 3.60. The van der Waals surface area contributed by atoms with Gasteiger partial charge in [0.25, 0.3) is 0 Å². The first-order valence-electron chi connectivity index (χ1n) is 5.05. The van der Waals surface area contributed by atoms with Gasteiger partial charge < -0.3 is 5.32 Å². The van der Waals surface area contributed by atoms with Crippen LogP contribution in [0.1, 0.15) is 5.69 Å². The van der Waals surface area contributed by atoms with Crippen molar-refractivity contribution in [2.45, 2.75) is 6.54 Å². The topological polar surface area (TPSA) is 24.9 Å². The van der Waals surface area contributed by atoms with Gasteiger partial charge in [0.1, 0.15) is 0 Å². The van der Waals surface area contributed by atoms with Gasteiger partial charge in [-0.3, -0.25) is 4.98 Å². The van der Waals surface area contributed by atoms with Crippen molar-refractivity contribution in [3.63, 3.8) is 0 Å². The van der Waals surface area contributed by atoms with E-state index < -0.39 is 0 Å². The molecule has 0 atom stereocenters. The number of rotatable bonds is 3. The number of hydrogen-bond acceptors (Lipinski definition) is 2. The molecular weight excluding hydrogens is 403 g/mol. The van der Waals surface area contributed by atoms with Crippen LogP contribution in [0.5, 0.6) is 0 Å². The summed E-state index contributed by atoms with van der Waals surface area (Å²) in [5, 5.41) is 4.43. The maximum atomic E-state index is 6.07. The molecule has 2 nitrogen and oxygen atoms in total. The zero-order chi connectivity index (χ0) is 13.1. The zero-order valence-electron chi connectivity index (χ0n) is 9.05. The molecule has 0 aliphatic heterocycles. The molecule has 0 spiro atoms. The molecule has 18 heavy (non-hydrogen) atoms. The molecule has 0 unspecified atom stereocenters. The lowest BCUT2D eigenvalue weighted by molar-refractivity contribution is 1.03. The molecule has 1 aromatic heterocycles. The van der Waals surface area contributed by atoms with Crippen molar-refractivity contribution in [3.05, 3.63) is 55.1 Å². The quantitative estimate of drug-likeness (QED) is 0.720. The van der Waals surface area contributed by atoms with Gasteiger partial charge in [0, 0.05) is 20.2 Å². The van der Waals surface area contributed by atoms with E-state index in [9.17, 15) is 0 Å². The predicted molar refractivity (Wildman–Crippen MR) is 83.4 cm³/mol. The van der Waals surface area contributed by atoms with Crippen molar-refractivity contribution in [1.82, 2.24) is 4.98 Å². The molecule has 0 amide bonds. The lowest BCUT2D eigenvalue weighted by atomic mass is 10.3. The van der Waals surface area contributed by atoms with Crippen LogP contribution in [0.25, 0.3) is 0 Å². The van der Waals surface area contributed by atoms with E-state index in [0.717, 1.165) is 20.3 Å². The summed E-state index contributed by atoms with van der Waals surface area (Å²) in [6.07, 6.45) is 1.76. The maximum absolute atomic E-state index is 6.07. The number of aromatic nitrogens is 1. The van der Waals surface area contributed by atoms with Crippen LogP contribution in [-0.4, -0.2) is 4.98 Å². The van der Waals surface area contributed by atoms with Crippen LogP contribution in [-0.2, 0) is 6.54 Å². The Balaban J connectivity index is 2.11. The summed E-state index contributed by atoms with van der Waals surface area (Å²) in [5.74, 6) is 0. The van der Waals surface area contributed by atoms with E-state index in [1.807, 2.05) is 12.1 Å². The highest BCUT2D eigenvalue weighted by molar-refractivity contribution is 9.11. The number of nitrogens with zero attached hydrogens (tertiary/aromatic N) is 1. The van der Waals surface area contributed by atoms with E-state index in [1.54, 1.807) is 18.3 Å². The molecular formula is C12H8Br2Cl2N2. The summed E-state index contributed by atoms with van der Waals surface area (Å²) >= 11 is 18.7. The summed E-state index contributed by atoms with van der Waals surface area (Å²) in [6, 6.07) is 7.29. The second-order valence-electron chi connectivity index (χ2n) is 3.56. The Morgan fingerprint density at radius 1 is 1.17 bits per heavy atom. The Hall–Kier alpha value is -0.290. The number of halogens is 4. The lowest BCUT2D eigenvalue weighted by Gasteiger charge is -2.09. The van der Waals surface area contributed by atoms with E-state index in [2.05, 4.69) is 42.2 Å². The van der Waals surface area contributed by atoms with Crippen molar-refractivity contribution in [1.29, 1.82) is 0 Å². The molecule has 0 aliphatic rings. The molecule has 0 fully saturated rings. The normalized spacial score (nSPS) is 10.4. The van der Waals surface area contributed by atoms with Gasteiger partial charge in [0.05, 0.1) is 22.9 Å². The second-order valence-corrected chi connectivity index (χ2v) is 6.17. The van der Waals surface area contributed by atoms with Gasteiger partial charge >= 0.3 is 0 Å². The summed E-state index contributed by atoms with van der Waals surface area (Å²) in [6.45, 7) is 0.579. The van der Waals surface area contributed by atoms with E-state index >= 15 is 0 Å². The summed E-state index contributed by atoms with van der Waals surface area (Å²) in [4.78, 5) is 4.31. The van der Waals surface area contributed by atoms with Crippen LogP contribution >= 0.6 is 55.1 Å². The highest BCUT2D eigenvalue weighted by Gasteiger charge is 2.04. The number of anilines is 1. The standard InChI is InChI=1S/C12H8Br2Cl2N2/c13-7-3-9(14)12(17-5-7)6-18-11-2-1-8(15)4-10(11)16/h1-5,18H,6H2. The fourth-order valence-corrected chi connectivity index (χ4v) is 2.99. The molecule has 0 saturated heterocycles. The summed E-state index contributed by atoms with van der Waals surface area (Å²) < 4.78 is 1.87. The SMILES string of the molecule is Clc1ccc(NCc2ncc(Br)cc2Br)c(Cl)c1. The molecule has 1 aromatic carbocycles. The van der Waals surface area contributed by atoms with Gasteiger partial charge in [0.15, 0.2) is 0 Å². The average molecular weight is 411 g/mol. The largest absolute Gasteiger partial charge is 0.378 e. The Bertz CT molecular complexity index is 524. The first-order chi connectivity index (χ1) is 8.56. The van der Waals surface area contributed by atoms with E-state index in [-0.39, 0.29) is 0 Å². The third-order valence-corrected chi connectivity index (χ3v) is 3.93. The molecule has 1 N–H and O–H groups in total. The molecule has 2 rings (SSSR count). The van der Waals surface area contributed by atoms with Crippen LogP contribution < -0.4 is 5.32 Å². The average Bonchev–Trinajstić information content (AvgIpc) is 2.30. The third-order valence-electron chi connectivity index (χ3n) is 2.26. The monoisotopic (exact) mass is 408 g/mol. The molecule has 0 bridgehead atoms. The summed E-state index contributed by atoms with van der Waals surface area (Å²) in [7, 11) is 0. The van der Waals surface area contributed by atoms with Crippen molar-refractivity contribution in [3.8, 4) is 0 Å². The molecule has 6 heteroatoms. The Morgan fingerprint density at radius 2 is 1.94 bits per heavy atom. The van der Waals surface area contributed by atoms with E-state index in [4.69, 9.17) is 23.2 Å². The van der Waals surface area contributed by atoms with Crippen molar-refractivity contribution in [2.24, 2.45) is 0 Å². The Morgan fingerprint density at radius 3 is 2.61 bits per heavy atom. The van der Waals surface area contributed by atoms with Gasteiger partial charge in [-0.25, -0.2) is 0 Å². The molecule has 2 aromatic rings. The number of pyridine rings is 1. The van der Waals surface area contributed by atoms with Gasteiger partial charge in [-0.2, -0.15) is 0 Å². The smallest absolute Gasteiger partial charge is 0.0737 e. The minimum atomic E-state index is 0.579. The number of hydrogen-bond donors (Lipinski definition) is 1.